The van der Waals surface area contributed by atoms with Gasteiger partial charge in [0.15, 0.2) is 0 Å². The number of anilines is 1. The maximum atomic E-state index is 10.8. The van der Waals surface area contributed by atoms with Gasteiger partial charge in [-0.2, -0.15) is 0 Å². The number of halogens is 1. The maximum Gasteiger partial charge on any atom is 0.230 e. The summed E-state index contributed by atoms with van der Waals surface area (Å²) in [6, 6.07) is 5.24. The van der Waals surface area contributed by atoms with Crippen LogP contribution in [0.3, 0.4) is 0 Å². The highest BCUT2D eigenvalue weighted by Crippen LogP contribution is 2.28. The van der Waals surface area contributed by atoms with Crippen molar-refractivity contribution in [2.24, 2.45) is 5.73 Å². The second-order valence-corrected chi connectivity index (χ2v) is 4.67. The van der Waals surface area contributed by atoms with Crippen molar-refractivity contribution in [3.63, 3.8) is 0 Å². The topological polar surface area (TPSA) is 69.1 Å². The Hall–Kier alpha value is -0.870. The second kappa shape index (κ2) is 4.57. The van der Waals surface area contributed by atoms with Crippen LogP contribution in [0, 0.1) is 0 Å². The molecule has 1 atom stereocenters. The number of primary amides is 1. The van der Waals surface area contributed by atoms with Crippen molar-refractivity contribution in [1.82, 2.24) is 0 Å². The molecule has 0 aliphatic heterocycles. The molecule has 1 unspecified atom stereocenters. The first kappa shape index (κ1) is 11.2. The van der Waals surface area contributed by atoms with Crippen LogP contribution in [0.1, 0.15) is 6.92 Å². The molecular formula is C9H11ClN2OS. The molecule has 4 N–H and O–H groups in total. The third-order valence-electron chi connectivity index (χ3n) is 1.69. The van der Waals surface area contributed by atoms with Crippen LogP contribution in [0.5, 0.6) is 0 Å². The first-order chi connectivity index (χ1) is 6.50. The average molecular weight is 231 g/mol. The lowest BCUT2D eigenvalue weighted by molar-refractivity contribution is -0.117. The summed E-state index contributed by atoms with van der Waals surface area (Å²) in [5.74, 6) is -0.344. The van der Waals surface area contributed by atoms with Crippen molar-refractivity contribution in [1.29, 1.82) is 0 Å². The Morgan fingerprint density at radius 2 is 2.21 bits per heavy atom. The highest BCUT2D eigenvalue weighted by molar-refractivity contribution is 8.00. The number of nitrogens with two attached hydrogens (primary N) is 2. The molecule has 1 amide bonds. The van der Waals surface area contributed by atoms with E-state index in [1.807, 2.05) is 6.07 Å². The minimum Gasteiger partial charge on any atom is -0.398 e. The third kappa shape index (κ3) is 2.82. The van der Waals surface area contributed by atoms with Crippen molar-refractivity contribution in [3.05, 3.63) is 23.2 Å². The van der Waals surface area contributed by atoms with E-state index in [4.69, 9.17) is 23.1 Å². The second-order valence-electron chi connectivity index (χ2n) is 2.85. The van der Waals surface area contributed by atoms with Crippen LogP contribution in [-0.2, 0) is 4.79 Å². The SMILES string of the molecule is CC(Sc1ccc(N)c(Cl)c1)C(N)=O. The molecule has 1 aromatic rings. The van der Waals surface area contributed by atoms with Crippen LogP contribution in [-0.4, -0.2) is 11.2 Å². The summed E-state index contributed by atoms with van der Waals surface area (Å²) in [7, 11) is 0. The van der Waals surface area contributed by atoms with Gasteiger partial charge in [-0.1, -0.05) is 11.6 Å². The van der Waals surface area contributed by atoms with E-state index in [1.165, 1.54) is 11.8 Å². The van der Waals surface area contributed by atoms with Gasteiger partial charge in [-0.25, -0.2) is 0 Å². The van der Waals surface area contributed by atoms with Crippen LogP contribution in [0.25, 0.3) is 0 Å². The van der Waals surface area contributed by atoms with Crippen molar-refractivity contribution in [2.75, 3.05) is 5.73 Å². The molecule has 3 nitrogen and oxygen atoms in total. The molecule has 0 aromatic heterocycles. The number of nitrogen functional groups attached to an aromatic ring is 1. The van der Waals surface area contributed by atoms with E-state index in [-0.39, 0.29) is 11.2 Å². The lowest BCUT2D eigenvalue weighted by Crippen LogP contribution is -2.22. The number of amides is 1. The standard InChI is InChI=1S/C9H11ClN2OS/c1-5(9(12)13)14-6-2-3-8(11)7(10)4-6/h2-5H,11H2,1H3,(H2,12,13). The van der Waals surface area contributed by atoms with Gasteiger partial charge in [-0.05, 0) is 25.1 Å². The molecule has 1 rings (SSSR count). The summed E-state index contributed by atoms with van der Waals surface area (Å²) in [5.41, 5.74) is 11.2. The molecule has 0 aliphatic carbocycles. The van der Waals surface area contributed by atoms with Gasteiger partial charge < -0.3 is 11.5 Å². The Labute approximate surface area is 91.8 Å². The van der Waals surface area contributed by atoms with Crippen molar-refractivity contribution < 1.29 is 4.79 Å². The minimum absolute atomic E-state index is 0.269. The fourth-order valence-corrected chi connectivity index (χ4v) is 1.95. The Morgan fingerprint density at radius 3 is 2.71 bits per heavy atom. The summed E-state index contributed by atoms with van der Waals surface area (Å²) in [6.07, 6.45) is 0. The first-order valence-electron chi connectivity index (χ1n) is 4.01. The first-order valence-corrected chi connectivity index (χ1v) is 5.27. The van der Waals surface area contributed by atoms with Crippen molar-refractivity contribution >= 4 is 35.0 Å². The zero-order chi connectivity index (χ0) is 10.7. The quantitative estimate of drug-likeness (QED) is 0.616. The zero-order valence-electron chi connectivity index (χ0n) is 7.66. The van der Waals surface area contributed by atoms with Crippen LogP contribution < -0.4 is 11.5 Å². The molecule has 1 aromatic carbocycles. The normalized spacial score (nSPS) is 12.4. The Morgan fingerprint density at radius 1 is 1.57 bits per heavy atom. The molecule has 76 valence electrons. The Bertz CT molecular complexity index is 357. The number of carbonyl (C=O) groups is 1. The third-order valence-corrected chi connectivity index (χ3v) is 3.12. The van der Waals surface area contributed by atoms with Crippen LogP contribution in [0.2, 0.25) is 5.02 Å². The maximum absolute atomic E-state index is 10.8. The van der Waals surface area contributed by atoms with Gasteiger partial charge in [-0.15, -0.1) is 11.8 Å². The highest BCUT2D eigenvalue weighted by atomic mass is 35.5. The number of benzene rings is 1. The molecule has 0 saturated carbocycles. The van der Waals surface area contributed by atoms with E-state index in [1.54, 1.807) is 19.1 Å². The lowest BCUT2D eigenvalue weighted by Gasteiger charge is -2.07. The van der Waals surface area contributed by atoms with Crippen LogP contribution in [0.4, 0.5) is 5.69 Å². The number of hydrogen-bond acceptors (Lipinski definition) is 3. The number of thioether (sulfide) groups is 1. The molecule has 0 fully saturated rings. The molecule has 14 heavy (non-hydrogen) atoms. The average Bonchev–Trinajstić information content (AvgIpc) is 2.11. The summed E-state index contributed by atoms with van der Waals surface area (Å²) < 4.78 is 0. The fraction of sp³-hybridized carbons (Fsp3) is 0.222. The summed E-state index contributed by atoms with van der Waals surface area (Å²) >= 11 is 7.18. The van der Waals surface area contributed by atoms with Crippen molar-refractivity contribution in [2.45, 2.75) is 17.1 Å². The predicted octanol–water partition coefficient (Wildman–Crippen LogP) is 1.89. The smallest absolute Gasteiger partial charge is 0.230 e. The van der Waals surface area contributed by atoms with Gasteiger partial charge in [0.25, 0.3) is 0 Å². The summed E-state index contributed by atoms with van der Waals surface area (Å²) in [4.78, 5) is 11.7. The van der Waals surface area contributed by atoms with E-state index < -0.39 is 0 Å². The van der Waals surface area contributed by atoms with Gasteiger partial charge in [-0.3, -0.25) is 4.79 Å². The molecule has 0 heterocycles. The van der Waals surface area contributed by atoms with E-state index in [0.29, 0.717) is 10.7 Å². The van der Waals surface area contributed by atoms with E-state index in [2.05, 4.69) is 0 Å². The number of carbonyl (C=O) groups excluding carboxylic acids is 1. The van der Waals surface area contributed by atoms with Crippen LogP contribution in [0.15, 0.2) is 23.1 Å². The van der Waals surface area contributed by atoms with Crippen LogP contribution >= 0.6 is 23.4 Å². The Balaban J connectivity index is 2.78. The predicted molar refractivity (Wildman–Crippen MR) is 60.4 cm³/mol. The van der Waals surface area contributed by atoms with E-state index in [0.717, 1.165) is 4.90 Å². The molecule has 0 saturated heterocycles. The number of hydrogen-bond donors (Lipinski definition) is 2. The molecule has 0 bridgehead atoms. The highest BCUT2D eigenvalue weighted by Gasteiger charge is 2.10. The van der Waals surface area contributed by atoms with Crippen molar-refractivity contribution in [3.8, 4) is 0 Å². The molecule has 0 radical (unpaired) electrons. The van der Waals surface area contributed by atoms with Gasteiger partial charge in [0.05, 0.1) is 16.0 Å². The van der Waals surface area contributed by atoms with E-state index in [9.17, 15) is 4.79 Å². The lowest BCUT2D eigenvalue weighted by atomic mass is 10.3. The summed E-state index contributed by atoms with van der Waals surface area (Å²) in [5, 5.41) is 0.223. The van der Waals surface area contributed by atoms with Gasteiger partial charge in [0.2, 0.25) is 5.91 Å². The molecule has 0 spiro atoms. The minimum atomic E-state index is -0.344. The number of rotatable bonds is 3. The van der Waals surface area contributed by atoms with Gasteiger partial charge in [0, 0.05) is 4.90 Å². The Kier molecular flexibility index (Phi) is 3.66. The fourth-order valence-electron chi connectivity index (χ4n) is 0.843. The molecule has 5 heteroatoms. The molecular weight excluding hydrogens is 220 g/mol. The molecule has 0 aliphatic rings. The van der Waals surface area contributed by atoms with E-state index >= 15 is 0 Å². The van der Waals surface area contributed by atoms with Gasteiger partial charge in [0.1, 0.15) is 0 Å². The summed E-state index contributed by atoms with van der Waals surface area (Å²) in [6.45, 7) is 1.75. The zero-order valence-corrected chi connectivity index (χ0v) is 9.23. The monoisotopic (exact) mass is 230 g/mol. The largest absolute Gasteiger partial charge is 0.398 e. The van der Waals surface area contributed by atoms with Gasteiger partial charge >= 0.3 is 0 Å².